The summed E-state index contributed by atoms with van der Waals surface area (Å²) in [6.07, 6.45) is 3.02. The Morgan fingerprint density at radius 3 is 1.37 bits per heavy atom. The van der Waals surface area contributed by atoms with E-state index in [0.29, 0.717) is 52.6 Å². The molecule has 438 valence electrons. The largest absolute Gasteiger partial charge is 0.486 e. The van der Waals surface area contributed by atoms with Crippen LogP contribution in [0.2, 0.25) is 0 Å². The number of piperidine rings is 2. The van der Waals surface area contributed by atoms with Crippen molar-refractivity contribution in [3.63, 3.8) is 0 Å². The summed E-state index contributed by atoms with van der Waals surface area (Å²) < 4.78 is 38.3. The zero-order valence-corrected chi connectivity index (χ0v) is 49.1. The fourth-order valence-electron chi connectivity index (χ4n) is 11.1. The number of carbonyl (C=O) groups is 2. The molecule has 6 aromatic rings. The average Bonchev–Trinajstić information content (AvgIpc) is 3.50. The van der Waals surface area contributed by atoms with Crippen LogP contribution in [0.15, 0.2) is 101 Å². The molecular formula is C64H80N6O12. The van der Waals surface area contributed by atoms with E-state index in [9.17, 15) is 19.2 Å². The van der Waals surface area contributed by atoms with Gasteiger partial charge < -0.3 is 57.2 Å². The highest BCUT2D eigenvalue weighted by Gasteiger charge is 2.34. The van der Waals surface area contributed by atoms with Crippen molar-refractivity contribution < 1.29 is 47.6 Å². The first kappa shape index (κ1) is 60.4. The van der Waals surface area contributed by atoms with Crippen LogP contribution in [0.1, 0.15) is 95.0 Å². The molecule has 0 unspecified atom stereocenters. The van der Waals surface area contributed by atoms with E-state index in [2.05, 4.69) is 41.0 Å². The first-order valence-electron chi connectivity index (χ1n) is 28.6. The van der Waals surface area contributed by atoms with Crippen LogP contribution in [-0.2, 0) is 45.2 Å². The van der Waals surface area contributed by atoms with Crippen molar-refractivity contribution in [1.29, 1.82) is 0 Å². The third-order valence-electron chi connectivity index (χ3n) is 15.2. The van der Waals surface area contributed by atoms with Crippen molar-refractivity contribution in [2.75, 3.05) is 65.7 Å². The van der Waals surface area contributed by atoms with E-state index in [-0.39, 0.29) is 41.5 Å². The third-order valence-corrected chi connectivity index (χ3v) is 15.2. The second-order valence-electron chi connectivity index (χ2n) is 23.6. The van der Waals surface area contributed by atoms with E-state index in [1.54, 1.807) is 12.1 Å². The number of carbonyl (C=O) groups excluding carboxylic acids is 4. The Morgan fingerprint density at radius 2 is 0.927 bits per heavy atom. The Balaban J connectivity index is 0.000000205. The van der Waals surface area contributed by atoms with Gasteiger partial charge in [-0.05, 0) is 152 Å². The Morgan fingerprint density at radius 1 is 0.524 bits per heavy atom. The molecule has 2 saturated heterocycles. The molecule has 0 atom stereocenters. The normalized spacial score (nSPS) is 15.8. The number of hydrogen-bond acceptors (Lipinski definition) is 14. The van der Waals surface area contributed by atoms with Crippen molar-refractivity contribution in [3.05, 3.63) is 140 Å². The van der Waals surface area contributed by atoms with Crippen LogP contribution in [-0.4, -0.2) is 136 Å². The number of pyridine rings is 2. The molecule has 2 fully saturated rings. The number of rotatable bonds is 12. The minimum absolute atomic E-state index is 0.0385. The van der Waals surface area contributed by atoms with Gasteiger partial charge in [-0.25, -0.2) is 9.59 Å². The Bertz CT molecular complexity index is 3360. The molecular weight excluding hydrogens is 1040 g/mol. The summed E-state index contributed by atoms with van der Waals surface area (Å²) in [5.41, 5.74) is 6.04. The average molecular weight is 1130 g/mol. The van der Waals surface area contributed by atoms with E-state index in [1.807, 2.05) is 129 Å². The number of hydrogen-bond donors (Lipinski definition) is 0. The van der Waals surface area contributed by atoms with Gasteiger partial charge in [0, 0.05) is 100 Å². The zero-order chi connectivity index (χ0) is 58.7. The Hall–Kier alpha value is -7.66. The quantitative estimate of drug-likeness (QED) is 0.113. The number of fused-ring (bicyclic) bond motifs is 4. The maximum Gasteiger partial charge on any atom is 0.410 e. The maximum atomic E-state index is 13.4. The van der Waals surface area contributed by atoms with Gasteiger partial charge in [0.25, 0.3) is 11.1 Å². The van der Waals surface area contributed by atoms with Crippen LogP contribution in [0.5, 0.6) is 23.0 Å². The van der Waals surface area contributed by atoms with E-state index >= 15 is 0 Å². The standard InChI is InChI=1S/C32H41N3O5.C31H39N3O5.CO2/c1-22-6-8-26-23(2)19-30(36)34(27(26)18-22)15-14-33-12-10-25(11-13-33)35(31(37)40-32(3,4)5)21-24-7-9-28-29(20-24)39-17-16-38-28;1-22-19-29(35)33(26-8-6-5-7-25(22)26)16-15-32-13-11-24(12-14-32)34(30(36)39-31(2,3)4)21-23-9-10-27-28(20-23)38-18-17-37-27;2-1-3/h6-9,18-20,25H,10-17,21H2,1-5H3;5-10,19-20,24H,11-18,21H2,1-4H3;. The van der Waals surface area contributed by atoms with Gasteiger partial charge >= 0.3 is 18.3 Å². The lowest BCUT2D eigenvalue weighted by atomic mass is 10.0. The van der Waals surface area contributed by atoms with Crippen LogP contribution in [0.25, 0.3) is 21.8 Å². The number of para-hydroxylation sites is 1. The van der Waals surface area contributed by atoms with E-state index in [1.165, 1.54) is 0 Å². The number of ether oxygens (including phenoxy) is 6. The minimum Gasteiger partial charge on any atom is -0.486 e. The lowest BCUT2D eigenvalue weighted by Gasteiger charge is -2.39. The van der Waals surface area contributed by atoms with Crippen molar-refractivity contribution in [2.24, 2.45) is 0 Å². The maximum absolute atomic E-state index is 13.4. The van der Waals surface area contributed by atoms with Crippen molar-refractivity contribution >= 4 is 40.1 Å². The van der Waals surface area contributed by atoms with Gasteiger partial charge in [-0.1, -0.05) is 42.5 Å². The summed E-state index contributed by atoms with van der Waals surface area (Å²) >= 11 is 0. The first-order valence-corrected chi connectivity index (χ1v) is 28.6. The molecule has 0 aliphatic carbocycles. The molecule has 18 heteroatoms. The van der Waals surface area contributed by atoms with Crippen LogP contribution in [0.3, 0.4) is 0 Å². The van der Waals surface area contributed by atoms with Gasteiger partial charge in [0.2, 0.25) is 0 Å². The molecule has 0 saturated carbocycles. The number of aromatic nitrogens is 2. The predicted molar refractivity (Wildman–Crippen MR) is 313 cm³/mol. The molecule has 4 aliphatic heterocycles. The summed E-state index contributed by atoms with van der Waals surface area (Å²) in [4.78, 5) is 77.1. The molecule has 82 heavy (non-hydrogen) atoms. The van der Waals surface area contributed by atoms with Crippen molar-refractivity contribution in [1.82, 2.24) is 28.7 Å². The molecule has 2 aromatic heterocycles. The second kappa shape index (κ2) is 26.9. The van der Waals surface area contributed by atoms with E-state index < -0.39 is 11.2 Å². The van der Waals surface area contributed by atoms with Gasteiger partial charge in [-0.15, -0.1) is 0 Å². The van der Waals surface area contributed by atoms with Crippen LogP contribution in [0, 0.1) is 20.8 Å². The highest BCUT2D eigenvalue weighted by molar-refractivity contribution is 5.83. The predicted octanol–water partition coefficient (Wildman–Crippen LogP) is 9.69. The van der Waals surface area contributed by atoms with Crippen LogP contribution >= 0.6 is 0 Å². The van der Waals surface area contributed by atoms with E-state index in [4.69, 9.17) is 38.0 Å². The molecule has 0 radical (unpaired) electrons. The van der Waals surface area contributed by atoms with Gasteiger partial charge in [0.1, 0.15) is 37.6 Å². The molecule has 10 rings (SSSR count). The van der Waals surface area contributed by atoms with Gasteiger partial charge in [-0.3, -0.25) is 9.59 Å². The molecule has 4 aromatic carbocycles. The molecule has 2 amide bonds. The lowest BCUT2D eigenvalue weighted by Crippen LogP contribution is -2.49. The van der Waals surface area contributed by atoms with E-state index in [0.717, 1.165) is 138 Å². The van der Waals surface area contributed by atoms with Crippen LogP contribution in [0.4, 0.5) is 9.59 Å². The number of benzene rings is 4. The monoisotopic (exact) mass is 1120 g/mol. The Kier molecular flexibility index (Phi) is 19.9. The highest BCUT2D eigenvalue weighted by atomic mass is 16.6. The second-order valence-corrected chi connectivity index (χ2v) is 23.6. The molecule has 6 heterocycles. The molecule has 0 bridgehead atoms. The SMILES string of the molecule is Cc1cc(=O)n(CCN2CCC(N(Cc3ccc4c(c3)OCCO4)C(=O)OC(C)(C)C)CC2)c2ccccc12.Cc1ccc2c(C)cc(=O)n(CCN3CCC(N(Cc4ccc5c(c4)OCCO5)C(=O)OC(C)(C)C)CC3)c2c1.O=C=O. The number of amides is 2. The highest BCUT2D eigenvalue weighted by Crippen LogP contribution is 2.34. The summed E-state index contributed by atoms with van der Waals surface area (Å²) in [7, 11) is 0. The van der Waals surface area contributed by atoms with Gasteiger partial charge in [0.15, 0.2) is 23.0 Å². The Labute approximate surface area is 480 Å². The fraction of sp³-hybridized carbons (Fsp3) is 0.484. The summed E-state index contributed by atoms with van der Waals surface area (Å²) in [5.74, 6) is 2.92. The first-order chi connectivity index (χ1) is 39.2. The van der Waals surface area contributed by atoms with Crippen molar-refractivity contribution in [3.8, 4) is 23.0 Å². The number of likely N-dealkylation sites (tertiary alicyclic amines) is 2. The topological polar surface area (TPSA) is 181 Å². The van der Waals surface area contributed by atoms with Crippen LogP contribution < -0.4 is 30.1 Å². The minimum atomic E-state index is -0.578. The molecule has 0 N–H and O–H groups in total. The summed E-state index contributed by atoms with van der Waals surface area (Å²) in [6.45, 7) is 26.7. The fourth-order valence-corrected chi connectivity index (χ4v) is 11.1. The third kappa shape index (κ3) is 15.9. The smallest absolute Gasteiger partial charge is 0.410 e. The molecule has 0 spiro atoms. The lowest BCUT2D eigenvalue weighted by molar-refractivity contribution is -0.191. The summed E-state index contributed by atoms with van der Waals surface area (Å²) in [6, 6.07) is 29.7. The zero-order valence-electron chi connectivity index (χ0n) is 49.1. The molecule has 18 nitrogen and oxygen atoms in total. The molecule has 4 aliphatic rings. The van der Waals surface area contributed by atoms with Gasteiger partial charge in [-0.2, -0.15) is 9.59 Å². The number of aryl methyl sites for hydroxylation is 3. The van der Waals surface area contributed by atoms with Gasteiger partial charge in [0.05, 0.1) is 11.0 Å². The van der Waals surface area contributed by atoms with Crippen molar-refractivity contribution in [2.45, 2.75) is 137 Å². The number of nitrogens with zero attached hydrogens (tertiary/aromatic N) is 6. The summed E-state index contributed by atoms with van der Waals surface area (Å²) in [5, 5.41) is 2.24.